The van der Waals surface area contributed by atoms with E-state index in [1.54, 1.807) is 6.20 Å². The van der Waals surface area contributed by atoms with E-state index in [2.05, 4.69) is 29.1 Å². The SMILES string of the molecule is CC1(C)CCCC(CN=C(N)Nc2ccccn2)C1. The molecule has 1 unspecified atom stereocenters. The highest BCUT2D eigenvalue weighted by atomic mass is 15.1. The molecule has 0 bridgehead atoms. The lowest BCUT2D eigenvalue weighted by atomic mass is 9.72. The van der Waals surface area contributed by atoms with Crippen LogP contribution in [0, 0.1) is 11.3 Å². The van der Waals surface area contributed by atoms with Crippen LogP contribution < -0.4 is 11.1 Å². The lowest BCUT2D eigenvalue weighted by Crippen LogP contribution is -2.27. The maximum Gasteiger partial charge on any atom is 0.194 e. The Balaban J connectivity index is 1.84. The number of aromatic nitrogens is 1. The third kappa shape index (κ3) is 4.54. The highest BCUT2D eigenvalue weighted by Crippen LogP contribution is 2.38. The summed E-state index contributed by atoms with van der Waals surface area (Å²) >= 11 is 0. The maximum atomic E-state index is 5.89. The molecule has 19 heavy (non-hydrogen) atoms. The molecule has 0 saturated heterocycles. The van der Waals surface area contributed by atoms with E-state index in [-0.39, 0.29) is 0 Å². The van der Waals surface area contributed by atoms with Crippen LogP contribution in [-0.4, -0.2) is 17.5 Å². The molecular weight excluding hydrogens is 236 g/mol. The van der Waals surface area contributed by atoms with Crippen LogP contribution in [0.1, 0.15) is 39.5 Å². The Hall–Kier alpha value is -1.58. The number of aliphatic imine (C=N–C) groups is 1. The number of nitrogens with zero attached hydrogens (tertiary/aromatic N) is 2. The average molecular weight is 260 g/mol. The fourth-order valence-corrected chi connectivity index (χ4v) is 2.85. The summed E-state index contributed by atoms with van der Waals surface area (Å²) in [6.07, 6.45) is 6.88. The summed E-state index contributed by atoms with van der Waals surface area (Å²) in [5.41, 5.74) is 6.35. The quantitative estimate of drug-likeness (QED) is 0.648. The van der Waals surface area contributed by atoms with Crippen molar-refractivity contribution in [3.05, 3.63) is 24.4 Å². The van der Waals surface area contributed by atoms with Crippen molar-refractivity contribution >= 4 is 11.8 Å². The summed E-state index contributed by atoms with van der Waals surface area (Å²) in [7, 11) is 0. The second-order valence-electron chi connectivity index (χ2n) is 6.19. The van der Waals surface area contributed by atoms with Gasteiger partial charge in [-0.25, -0.2) is 4.98 Å². The van der Waals surface area contributed by atoms with E-state index in [1.807, 2.05) is 18.2 Å². The van der Waals surface area contributed by atoms with Crippen LogP contribution in [0.25, 0.3) is 0 Å². The van der Waals surface area contributed by atoms with Gasteiger partial charge in [0.2, 0.25) is 0 Å². The summed E-state index contributed by atoms with van der Waals surface area (Å²) < 4.78 is 0. The van der Waals surface area contributed by atoms with Crippen molar-refractivity contribution in [2.24, 2.45) is 22.1 Å². The van der Waals surface area contributed by atoms with Crippen LogP contribution in [-0.2, 0) is 0 Å². The van der Waals surface area contributed by atoms with Crippen LogP contribution >= 0.6 is 0 Å². The van der Waals surface area contributed by atoms with Crippen LogP contribution in [0.15, 0.2) is 29.4 Å². The van der Waals surface area contributed by atoms with Crippen molar-refractivity contribution in [3.8, 4) is 0 Å². The first kappa shape index (κ1) is 13.8. The van der Waals surface area contributed by atoms with Gasteiger partial charge < -0.3 is 11.1 Å². The predicted octanol–water partition coefficient (Wildman–Crippen LogP) is 3.02. The van der Waals surface area contributed by atoms with Crippen molar-refractivity contribution in [2.45, 2.75) is 39.5 Å². The molecule has 1 aliphatic rings. The van der Waals surface area contributed by atoms with Crippen LogP contribution in [0.3, 0.4) is 0 Å². The van der Waals surface area contributed by atoms with Gasteiger partial charge in [0.15, 0.2) is 5.96 Å². The van der Waals surface area contributed by atoms with Gasteiger partial charge in [-0.05, 0) is 42.7 Å². The smallest absolute Gasteiger partial charge is 0.194 e. The van der Waals surface area contributed by atoms with Gasteiger partial charge in [-0.2, -0.15) is 0 Å². The lowest BCUT2D eigenvalue weighted by molar-refractivity contribution is 0.185. The molecule has 0 amide bonds. The molecule has 1 aliphatic carbocycles. The molecule has 1 saturated carbocycles. The summed E-state index contributed by atoms with van der Waals surface area (Å²) in [6, 6.07) is 5.68. The predicted molar refractivity (Wildman–Crippen MR) is 80.1 cm³/mol. The normalized spacial score (nSPS) is 23.1. The Kier molecular flexibility index (Phi) is 4.40. The Bertz CT molecular complexity index is 425. The van der Waals surface area contributed by atoms with Gasteiger partial charge in [-0.1, -0.05) is 26.3 Å². The average Bonchev–Trinajstić information content (AvgIpc) is 2.36. The van der Waals surface area contributed by atoms with Gasteiger partial charge in [0.1, 0.15) is 5.82 Å². The first-order valence-corrected chi connectivity index (χ1v) is 7.03. The van der Waals surface area contributed by atoms with Crippen LogP contribution in [0.2, 0.25) is 0 Å². The van der Waals surface area contributed by atoms with Crippen LogP contribution in [0.5, 0.6) is 0 Å². The van der Waals surface area contributed by atoms with Crippen molar-refractivity contribution in [1.29, 1.82) is 0 Å². The fourth-order valence-electron chi connectivity index (χ4n) is 2.85. The molecule has 1 atom stereocenters. The number of pyridine rings is 1. The third-order valence-electron chi connectivity index (χ3n) is 3.75. The number of anilines is 1. The maximum absolute atomic E-state index is 5.89. The molecule has 0 aliphatic heterocycles. The molecule has 1 heterocycles. The molecule has 1 aromatic rings. The Morgan fingerprint density at radius 2 is 2.37 bits per heavy atom. The van der Waals surface area contributed by atoms with E-state index in [0.717, 1.165) is 12.4 Å². The Morgan fingerprint density at radius 3 is 3.05 bits per heavy atom. The van der Waals surface area contributed by atoms with E-state index >= 15 is 0 Å². The fraction of sp³-hybridized carbons (Fsp3) is 0.600. The molecule has 0 aromatic carbocycles. The zero-order chi connectivity index (χ0) is 13.7. The molecule has 3 N–H and O–H groups in total. The minimum atomic E-state index is 0.460. The first-order chi connectivity index (χ1) is 9.05. The van der Waals surface area contributed by atoms with Crippen molar-refractivity contribution in [1.82, 2.24) is 4.98 Å². The van der Waals surface area contributed by atoms with Gasteiger partial charge in [-0.15, -0.1) is 0 Å². The molecule has 0 radical (unpaired) electrons. The molecule has 1 fully saturated rings. The minimum absolute atomic E-state index is 0.460. The summed E-state index contributed by atoms with van der Waals surface area (Å²) in [5, 5.41) is 3.02. The number of hydrogen-bond acceptors (Lipinski definition) is 2. The summed E-state index contributed by atoms with van der Waals surface area (Å²) in [6.45, 7) is 5.51. The first-order valence-electron chi connectivity index (χ1n) is 7.03. The largest absolute Gasteiger partial charge is 0.370 e. The van der Waals surface area contributed by atoms with Gasteiger partial charge in [0.25, 0.3) is 0 Å². The number of nitrogens with one attached hydrogen (secondary N) is 1. The zero-order valence-electron chi connectivity index (χ0n) is 11.9. The Morgan fingerprint density at radius 1 is 1.53 bits per heavy atom. The minimum Gasteiger partial charge on any atom is -0.370 e. The van der Waals surface area contributed by atoms with E-state index in [0.29, 0.717) is 17.3 Å². The monoisotopic (exact) mass is 260 g/mol. The van der Waals surface area contributed by atoms with Gasteiger partial charge >= 0.3 is 0 Å². The topological polar surface area (TPSA) is 63.3 Å². The van der Waals surface area contributed by atoms with Gasteiger partial charge in [0.05, 0.1) is 0 Å². The molecule has 1 aromatic heterocycles. The van der Waals surface area contributed by atoms with E-state index < -0.39 is 0 Å². The number of nitrogens with two attached hydrogens (primary N) is 1. The lowest BCUT2D eigenvalue weighted by Gasteiger charge is -2.34. The molecular formula is C15H24N4. The molecule has 4 heteroatoms. The number of rotatable bonds is 3. The van der Waals surface area contributed by atoms with Crippen molar-refractivity contribution < 1.29 is 0 Å². The molecule has 4 nitrogen and oxygen atoms in total. The molecule has 2 rings (SSSR count). The van der Waals surface area contributed by atoms with Crippen molar-refractivity contribution in [3.63, 3.8) is 0 Å². The second-order valence-corrected chi connectivity index (χ2v) is 6.19. The van der Waals surface area contributed by atoms with Gasteiger partial charge in [-0.3, -0.25) is 4.99 Å². The standard InChI is InChI=1S/C15H24N4/c1-15(2)8-5-6-12(10-15)11-18-14(16)19-13-7-3-4-9-17-13/h3-4,7,9,12H,5-6,8,10-11H2,1-2H3,(H3,16,17,18,19). The second kappa shape index (κ2) is 6.04. The third-order valence-corrected chi connectivity index (χ3v) is 3.75. The van der Waals surface area contributed by atoms with Crippen LogP contribution in [0.4, 0.5) is 5.82 Å². The van der Waals surface area contributed by atoms with Gasteiger partial charge in [0, 0.05) is 12.7 Å². The molecule has 104 valence electrons. The van der Waals surface area contributed by atoms with E-state index in [4.69, 9.17) is 5.73 Å². The zero-order valence-corrected chi connectivity index (χ0v) is 11.9. The highest BCUT2D eigenvalue weighted by molar-refractivity contribution is 5.91. The Labute approximate surface area is 115 Å². The number of hydrogen-bond donors (Lipinski definition) is 2. The summed E-state index contributed by atoms with van der Waals surface area (Å²) in [4.78, 5) is 8.62. The molecule has 0 spiro atoms. The van der Waals surface area contributed by atoms with E-state index in [9.17, 15) is 0 Å². The van der Waals surface area contributed by atoms with E-state index in [1.165, 1.54) is 25.7 Å². The van der Waals surface area contributed by atoms with Crippen molar-refractivity contribution in [2.75, 3.05) is 11.9 Å². The number of guanidine groups is 1. The summed E-state index contributed by atoms with van der Waals surface area (Å²) in [5.74, 6) is 1.86. The highest BCUT2D eigenvalue weighted by Gasteiger charge is 2.27.